The third kappa shape index (κ3) is 2.11. The fourth-order valence-corrected chi connectivity index (χ4v) is 1.48. The standard InChI is InChI=1S/C14H12NO/c1-15(13-10-6-3-7-11-13)14(16)12-8-4-2-5-9-12/h2-8,10-11H,1H3. The lowest BCUT2D eigenvalue weighted by molar-refractivity contribution is 0.0993. The molecule has 1 amide bonds. The zero-order valence-electron chi connectivity index (χ0n) is 9.05. The van der Waals surface area contributed by atoms with E-state index in [9.17, 15) is 4.79 Å². The molecule has 0 unspecified atom stereocenters. The van der Waals surface area contributed by atoms with Gasteiger partial charge in [-0.05, 0) is 24.3 Å². The summed E-state index contributed by atoms with van der Waals surface area (Å²) >= 11 is 0. The maximum atomic E-state index is 12.0. The fourth-order valence-electron chi connectivity index (χ4n) is 1.48. The van der Waals surface area contributed by atoms with Gasteiger partial charge in [-0.2, -0.15) is 0 Å². The smallest absolute Gasteiger partial charge is 0.258 e. The van der Waals surface area contributed by atoms with Crippen molar-refractivity contribution in [2.75, 3.05) is 11.9 Å². The third-order valence-electron chi connectivity index (χ3n) is 2.39. The van der Waals surface area contributed by atoms with Gasteiger partial charge < -0.3 is 4.90 Å². The molecule has 79 valence electrons. The minimum atomic E-state index is -0.0493. The van der Waals surface area contributed by atoms with Crippen LogP contribution in [0.2, 0.25) is 0 Å². The number of para-hydroxylation sites is 1. The molecule has 0 saturated carbocycles. The summed E-state index contributed by atoms with van der Waals surface area (Å²) in [5.41, 5.74) is 1.46. The molecule has 0 fully saturated rings. The third-order valence-corrected chi connectivity index (χ3v) is 2.39. The van der Waals surface area contributed by atoms with Gasteiger partial charge in [0, 0.05) is 18.3 Å². The highest BCUT2D eigenvalue weighted by Crippen LogP contribution is 2.14. The van der Waals surface area contributed by atoms with E-state index in [2.05, 4.69) is 6.07 Å². The van der Waals surface area contributed by atoms with Crippen LogP contribution in [0.4, 0.5) is 5.69 Å². The molecule has 0 aliphatic rings. The van der Waals surface area contributed by atoms with Crippen molar-refractivity contribution in [3.63, 3.8) is 0 Å². The number of anilines is 1. The summed E-state index contributed by atoms with van der Waals surface area (Å²) in [6.45, 7) is 0. The Morgan fingerprint density at radius 3 is 2.38 bits per heavy atom. The molecule has 2 nitrogen and oxygen atoms in total. The summed E-state index contributed by atoms with van der Waals surface area (Å²) in [5.74, 6) is -0.0493. The summed E-state index contributed by atoms with van der Waals surface area (Å²) in [7, 11) is 1.76. The van der Waals surface area contributed by atoms with Gasteiger partial charge in [0.1, 0.15) is 0 Å². The van der Waals surface area contributed by atoms with Gasteiger partial charge in [0.15, 0.2) is 0 Å². The highest BCUT2D eigenvalue weighted by molar-refractivity contribution is 6.05. The van der Waals surface area contributed by atoms with E-state index in [1.54, 1.807) is 24.1 Å². The predicted octanol–water partition coefficient (Wildman–Crippen LogP) is 2.76. The monoisotopic (exact) mass is 210 g/mol. The van der Waals surface area contributed by atoms with E-state index in [4.69, 9.17) is 0 Å². The number of carbonyl (C=O) groups is 1. The van der Waals surface area contributed by atoms with Crippen LogP contribution in [0.5, 0.6) is 0 Å². The largest absolute Gasteiger partial charge is 0.311 e. The maximum absolute atomic E-state index is 12.0. The Kier molecular flexibility index (Phi) is 3.01. The van der Waals surface area contributed by atoms with Crippen molar-refractivity contribution >= 4 is 11.6 Å². The number of benzene rings is 2. The van der Waals surface area contributed by atoms with Crippen molar-refractivity contribution < 1.29 is 4.79 Å². The molecular formula is C14H12NO. The van der Waals surface area contributed by atoms with Crippen molar-refractivity contribution in [2.24, 2.45) is 0 Å². The SMILES string of the molecule is CN(C(=O)c1[c]cccc1)c1ccccc1. The van der Waals surface area contributed by atoms with Crippen LogP contribution < -0.4 is 4.90 Å². The van der Waals surface area contributed by atoms with Crippen LogP contribution >= 0.6 is 0 Å². The lowest BCUT2D eigenvalue weighted by Crippen LogP contribution is -2.26. The summed E-state index contributed by atoms with van der Waals surface area (Å²) < 4.78 is 0. The number of amides is 1. The Hall–Kier alpha value is -2.09. The zero-order valence-corrected chi connectivity index (χ0v) is 9.05. The second-order valence-corrected chi connectivity index (χ2v) is 3.48. The van der Waals surface area contributed by atoms with Gasteiger partial charge in [0.2, 0.25) is 0 Å². The topological polar surface area (TPSA) is 20.3 Å². The lowest BCUT2D eigenvalue weighted by Gasteiger charge is -2.16. The van der Waals surface area contributed by atoms with Crippen LogP contribution in [0.15, 0.2) is 54.6 Å². The highest BCUT2D eigenvalue weighted by Gasteiger charge is 2.12. The summed E-state index contributed by atoms with van der Waals surface area (Å²) in [6, 6.07) is 19.7. The van der Waals surface area contributed by atoms with Crippen LogP contribution in [0, 0.1) is 6.07 Å². The Morgan fingerprint density at radius 1 is 1.06 bits per heavy atom. The molecule has 1 radical (unpaired) electrons. The molecule has 0 bridgehead atoms. The van der Waals surface area contributed by atoms with Gasteiger partial charge in [-0.25, -0.2) is 0 Å². The van der Waals surface area contributed by atoms with Crippen LogP contribution in [0.25, 0.3) is 0 Å². The Bertz CT molecular complexity index is 465. The van der Waals surface area contributed by atoms with Crippen molar-refractivity contribution in [3.05, 3.63) is 66.2 Å². The number of hydrogen-bond acceptors (Lipinski definition) is 1. The summed E-state index contributed by atoms with van der Waals surface area (Å²) in [6.07, 6.45) is 0. The van der Waals surface area contributed by atoms with Crippen molar-refractivity contribution in [1.82, 2.24) is 0 Å². The molecule has 16 heavy (non-hydrogen) atoms. The zero-order chi connectivity index (χ0) is 11.4. The van der Waals surface area contributed by atoms with Crippen LogP contribution in [-0.4, -0.2) is 13.0 Å². The Morgan fingerprint density at radius 2 is 1.75 bits per heavy atom. The maximum Gasteiger partial charge on any atom is 0.258 e. The van der Waals surface area contributed by atoms with Crippen molar-refractivity contribution in [1.29, 1.82) is 0 Å². The lowest BCUT2D eigenvalue weighted by atomic mass is 10.2. The first-order chi connectivity index (χ1) is 7.79. The fraction of sp³-hybridized carbons (Fsp3) is 0.0714. The normalized spacial score (nSPS) is 9.81. The second-order valence-electron chi connectivity index (χ2n) is 3.48. The molecule has 2 aromatic carbocycles. The van der Waals surface area contributed by atoms with Crippen LogP contribution in [0.1, 0.15) is 10.4 Å². The molecule has 0 saturated heterocycles. The minimum Gasteiger partial charge on any atom is -0.311 e. The molecule has 0 aliphatic heterocycles. The molecule has 0 spiro atoms. The average Bonchev–Trinajstić information content (AvgIpc) is 2.39. The number of nitrogens with zero attached hydrogens (tertiary/aromatic N) is 1. The van der Waals surface area contributed by atoms with E-state index in [-0.39, 0.29) is 5.91 Å². The molecule has 0 aromatic heterocycles. The van der Waals surface area contributed by atoms with E-state index in [0.717, 1.165) is 5.69 Å². The first-order valence-corrected chi connectivity index (χ1v) is 5.09. The van der Waals surface area contributed by atoms with Gasteiger partial charge in [-0.3, -0.25) is 4.79 Å². The van der Waals surface area contributed by atoms with E-state index in [1.807, 2.05) is 42.5 Å². The van der Waals surface area contributed by atoms with Crippen molar-refractivity contribution in [3.8, 4) is 0 Å². The molecule has 2 heteroatoms. The number of rotatable bonds is 2. The Balaban J connectivity index is 2.24. The van der Waals surface area contributed by atoms with E-state index >= 15 is 0 Å². The molecule has 0 atom stereocenters. The number of hydrogen-bond donors (Lipinski definition) is 0. The van der Waals surface area contributed by atoms with Crippen LogP contribution in [-0.2, 0) is 0 Å². The molecule has 2 aromatic rings. The summed E-state index contributed by atoms with van der Waals surface area (Å²) in [5, 5.41) is 0. The summed E-state index contributed by atoms with van der Waals surface area (Å²) in [4.78, 5) is 13.7. The van der Waals surface area contributed by atoms with E-state index < -0.39 is 0 Å². The van der Waals surface area contributed by atoms with Crippen molar-refractivity contribution in [2.45, 2.75) is 0 Å². The van der Waals surface area contributed by atoms with Gasteiger partial charge in [0.05, 0.1) is 0 Å². The molecular weight excluding hydrogens is 198 g/mol. The minimum absolute atomic E-state index is 0.0493. The second kappa shape index (κ2) is 4.62. The van der Waals surface area contributed by atoms with Gasteiger partial charge in [-0.1, -0.05) is 36.4 Å². The first kappa shape index (κ1) is 10.4. The molecule has 0 heterocycles. The molecule has 2 rings (SSSR count). The molecule has 0 N–H and O–H groups in total. The number of carbonyl (C=O) groups excluding carboxylic acids is 1. The predicted molar refractivity (Wildman–Crippen MR) is 64.5 cm³/mol. The van der Waals surface area contributed by atoms with Gasteiger partial charge in [-0.15, -0.1) is 0 Å². The average molecular weight is 210 g/mol. The van der Waals surface area contributed by atoms with Gasteiger partial charge in [0.25, 0.3) is 5.91 Å². The molecule has 0 aliphatic carbocycles. The van der Waals surface area contributed by atoms with E-state index in [1.165, 1.54) is 0 Å². The Labute approximate surface area is 95.1 Å². The van der Waals surface area contributed by atoms with Gasteiger partial charge >= 0.3 is 0 Å². The van der Waals surface area contributed by atoms with Crippen LogP contribution in [0.3, 0.4) is 0 Å². The first-order valence-electron chi connectivity index (χ1n) is 5.09. The van der Waals surface area contributed by atoms with E-state index in [0.29, 0.717) is 5.56 Å². The quantitative estimate of drug-likeness (QED) is 0.746. The highest BCUT2D eigenvalue weighted by atomic mass is 16.2.